The number of nitrogens with zero attached hydrogens (tertiary/aromatic N) is 1. The number of rotatable bonds is 7. The van der Waals surface area contributed by atoms with Gasteiger partial charge in [-0.3, -0.25) is 10.1 Å². The third kappa shape index (κ3) is 4.57. The fourth-order valence-corrected chi connectivity index (χ4v) is 2.91. The summed E-state index contributed by atoms with van der Waals surface area (Å²) >= 11 is 0. The van der Waals surface area contributed by atoms with Crippen molar-refractivity contribution in [2.75, 3.05) is 18.6 Å². The summed E-state index contributed by atoms with van der Waals surface area (Å²) < 4.78 is 22.1. The summed E-state index contributed by atoms with van der Waals surface area (Å²) in [4.78, 5) is 13.8. The van der Waals surface area contributed by atoms with Crippen LogP contribution in [0.3, 0.4) is 0 Å². The van der Waals surface area contributed by atoms with E-state index in [1.807, 2.05) is 6.92 Å². The minimum absolute atomic E-state index is 0.0129. The summed E-state index contributed by atoms with van der Waals surface area (Å²) in [5.41, 5.74) is 0. The van der Waals surface area contributed by atoms with Crippen molar-refractivity contribution in [2.24, 2.45) is 0 Å². The predicted octanol–water partition coefficient (Wildman–Crippen LogP) is 0.758. The molecular formula is C12H24N2O3S. The summed E-state index contributed by atoms with van der Waals surface area (Å²) in [7, 11) is -2.94. The van der Waals surface area contributed by atoms with Gasteiger partial charge < -0.3 is 4.90 Å². The molecule has 0 bridgehead atoms. The third-order valence-corrected chi connectivity index (χ3v) is 4.28. The standard InChI is InChI=1S/C12H24N2O3S/c1-4-5-7-11-12(15)14(10(2)13-11)8-6-9-18(3,16)17/h10-11,13H,4-9H2,1-3H3. The molecule has 0 aromatic rings. The lowest BCUT2D eigenvalue weighted by atomic mass is 10.1. The lowest BCUT2D eigenvalue weighted by Crippen LogP contribution is -2.36. The second-order valence-electron chi connectivity index (χ2n) is 5.05. The number of carbonyl (C=O) groups is 1. The minimum atomic E-state index is -2.94. The average molecular weight is 276 g/mol. The van der Waals surface area contributed by atoms with E-state index in [0.29, 0.717) is 13.0 Å². The second kappa shape index (κ2) is 6.52. The largest absolute Gasteiger partial charge is 0.326 e. The van der Waals surface area contributed by atoms with E-state index in [1.54, 1.807) is 4.90 Å². The fourth-order valence-electron chi connectivity index (χ4n) is 2.26. The molecule has 1 aliphatic rings. The molecule has 1 saturated heterocycles. The van der Waals surface area contributed by atoms with Crippen molar-refractivity contribution in [1.82, 2.24) is 10.2 Å². The number of carbonyl (C=O) groups excluding carboxylic acids is 1. The lowest BCUT2D eigenvalue weighted by molar-refractivity contribution is -0.130. The summed E-state index contributed by atoms with van der Waals surface area (Å²) in [6.07, 6.45) is 4.73. The average Bonchev–Trinajstić information content (AvgIpc) is 2.52. The van der Waals surface area contributed by atoms with Crippen LogP contribution < -0.4 is 5.32 Å². The van der Waals surface area contributed by atoms with Crippen LogP contribution in [0.2, 0.25) is 0 Å². The Morgan fingerprint density at radius 1 is 1.33 bits per heavy atom. The number of hydrogen-bond acceptors (Lipinski definition) is 4. The molecule has 0 spiro atoms. The highest BCUT2D eigenvalue weighted by atomic mass is 32.2. The lowest BCUT2D eigenvalue weighted by Gasteiger charge is -2.20. The maximum absolute atomic E-state index is 12.1. The van der Waals surface area contributed by atoms with Gasteiger partial charge in [-0.1, -0.05) is 19.8 Å². The Morgan fingerprint density at radius 3 is 2.56 bits per heavy atom. The van der Waals surface area contributed by atoms with Crippen LogP contribution in [-0.4, -0.2) is 50.0 Å². The van der Waals surface area contributed by atoms with Gasteiger partial charge in [0.1, 0.15) is 9.84 Å². The molecule has 0 aromatic heterocycles. The Labute approximate surface area is 110 Å². The zero-order chi connectivity index (χ0) is 13.8. The predicted molar refractivity (Wildman–Crippen MR) is 72.0 cm³/mol. The van der Waals surface area contributed by atoms with Crippen LogP contribution in [0.25, 0.3) is 0 Å². The maximum Gasteiger partial charge on any atom is 0.241 e. The number of nitrogens with one attached hydrogen (secondary N) is 1. The van der Waals surface area contributed by atoms with Gasteiger partial charge in [-0.25, -0.2) is 8.42 Å². The smallest absolute Gasteiger partial charge is 0.241 e. The Hall–Kier alpha value is -0.620. The van der Waals surface area contributed by atoms with Crippen molar-refractivity contribution in [1.29, 1.82) is 0 Å². The summed E-state index contributed by atoms with van der Waals surface area (Å²) in [6, 6.07) is -0.0850. The quantitative estimate of drug-likeness (QED) is 0.745. The Kier molecular flexibility index (Phi) is 5.59. The highest BCUT2D eigenvalue weighted by Crippen LogP contribution is 2.15. The molecule has 1 amide bonds. The molecule has 1 fully saturated rings. The van der Waals surface area contributed by atoms with Gasteiger partial charge in [-0.2, -0.15) is 0 Å². The van der Waals surface area contributed by atoms with Gasteiger partial charge in [0.25, 0.3) is 0 Å². The molecule has 1 aliphatic heterocycles. The van der Waals surface area contributed by atoms with Gasteiger partial charge in [-0.05, 0) is 19.8 Å². The van der Waals surface area contributed by atoms with E-state index >= 15 is 0 Å². The second-order valence-corrected chi connectivity index (χ2v) is 7.31. The van der Waals surface area contributed by atoms with Crippen LogP contribution in [-0.2, 0) is 14.6 Å². The van der Waals surface area contributed by atoms with Gasteiger partial charge >= 0.3 is 0 Å². The fraction of sp³-hybridized carbons (Fsp3) is 0.917. The van der Waals surface area contributed by atoms with Crippen molar-refractivity contribution in [3.63, 3.8) is 0 Å². The van der Waals surface area contributed by atoms with Gasteiger partial charge in [0.05, 0.1) is 18.0 Å². The van der Waals surface area contributed by atoms with Crippen LogP contribution in [0, 0.1) is 0 Å². The molecule has 2 atom stereocenters. The maximum atomic E-state index is 12.1. The summed E-state index contributed by atoms with van der Waals surface area (Å²) in [5, 5.41) is 3.26. The number of hydrogen-bond donors (Lipinski definition) is 1. The molecule has 0 aromatic carbocycles. The van der Waals surface area contributed by atoms with Gasteiger partial charge in [-0.15, -0.1) is 0 Å². The monoisotopic (exact) mass is 276 g/mol. The van der Waals surface area contributed by atoms with Crippen LogP contribution in [0.5, 0.6) is 0 Å². The van der Waals surface area contributed by atoms with E-state index in [4.69, 9.17) is 0 Å². The van der Waals surface area contributed by atoms with Crippen LogP contribution >= 0.6 is 0 Å². The number of unbranched alkanes of at least 4 members (excludes halogenated alkanes) is 1. The van der Waals surface area contributed by atoms with E-state index in [1.165, 1.54) is 6.26 Å². The molecule has 0 radical (unpaired) electrons. The highest BCUT2D eigenvalue weighted by molar-refractivity contribution is 7.90. The first kappa shape index (κ1) is 15.4. The van der Waals surface area contributed by atoms with Gasteiger partial charge in [0.2, 0.25) is 5.91 Å². The Morgan fingerprint density at radius 2 is 2.00 bits per heavy atom. The first-order valence-electron chi connectivity index (χ1n) is 6.59. The van der Waals surface area contributed by atoms with Crippen LogP contribution in [0.15, 0.2) is 0 Å². The van der Waals surface area contributed by atoms with Crippen molar-refractivity contribution < 1.29 is 13.2 Å². The molecule has 1 rings (SSSR count). The Balaban J connectivity index is 2.44. The SMILES string of the molecule is CCCCC1NC(C)N(CCCS(C)(=O)=O)C1=O. The van der Waals surface area contributed by atoms with Crippen molar-refractivity contribution in [3.05, 3.63) is 0 Å². The summed E-state index contributed by atoms with van der Waals surface area (Å²) in [6.45, 7) is 4.57. The molecule has 2 unspecified atom stereocenters. The third-order valence-electron chi connectivity index (χ3n) is 3.25. The first-order valence-corrected chi connectivity index (χ1v) is 8.65. The number of sulfone groups is 1. The van der Waals surface area contributed by atoms with Crippen LogP contribution in [0.1, 0.15) is 39.5 Å². The van der Waals surface area contributed by atoms with Gasteiger partial charge in [0.15, 0.2) is 0 Å². The molecule has 1 heterocycles. The van der Waals surface area contributed by atoms with Crippen molar-refractivity contribution in [3.8, 4) is 0 Å². The number of amides is 1. The summed E-state index contributed by atoms with van der Waals surface area (Å²) in [5.74, 6) is 0.257. The van der Waals surface area contributed by atoms with E-state index < -0.39 is 9.84 Å². The van der Waals surface area contributed by atoms with E-state index in [-0.39, 0.29) is 23.9 Å². The van der Waals surface area contributed by atoms with Crippen LogP contribution in [0.4, 0.5) is 0 Å². The molecule has 1 N–H and O–H groups in total. The molecule has 106 valence electrons. The topological polar surface area (TPSA) is 66.5 Å². The highest BCUT2D eigenvalue weighted by Gasteiger charge is 2.35. The van der Waals surface area contributed by atoms with E-state index in [2.05, 4.69) is 12.2 Å². The molecule has 6 heteroatoms. The minimum Gasteiger partial charge on any atom is -0.326 e. The molecule has 0 aliphatic carbocycles. The van der Waals surface area contributed by atoms with Gasteiger partial charge in [0, 0.05) is 12.8 Å². The molecule has 5 nitrogen and oxygen atoms in total. The molecule has 18 heavy (non-hydrogen) atoms. The van der Waals surface area contributed by atoms with Crippen molar-refractivity contribution >= 4 is 15.7 Å². The zero-order valence-electron chi connectivity index (χ0n) is 11.5. The zero-order valence-corrected chi connectivity index (χ0v) is 12.3. The first-order chi connectivity index (χ1) is 8.35. The Bertz CT molecular complexity index is 381. The molecular weight excluding hydrogens is 252 g/mol. The normalized spacial score (nSPS) is 24.8. The van der Waals surface area contributed by atoms with Crippen molar-refractivity contribution in [2.45, 2.75) is 51.7 Å². The van der Waals surface area contributed by atoms with E-state index in [0.717, 1.165) is 19.3 Å². The van der Waals surface area contributed by atoms with E-state index in [9.17, 15) is 13.2 Å². The molecule has 0 saturated carbocycles.